The summed E-state index contributed by atoms with van der Waals surface area (Å²) in [6.07, 6.45) is -4.07. The first-order valence-electron chi connectivity index (χ1n) is 8.68. The molecule has 0 saturated heterocycles. The van der Waals surface area contributed by atoms with Crippen molar-refractivity contribution in [2.45, 2.75) is 30.3 Å². The molecule has 3 rings (SSSR count). The number of carbonyl (C=O) groups is 1. The zero-order valence-electron chi connectivity index (χ0n) is 15.5. The van der Waals surface area contributed by atoms with Crippen molar-refractivity contribution in [2.75, 3.05) is 11.1 Å². The molecule has 1 aromatic carbocycles. The number of alkyl halides is 3. The van der Waals surface area contributed by atoms with Crippen LogP contribution in [0.25, 0.3) is 0 Å². The molecule has 0 bridgehead atoms. The third kappa shape index (κ3) is 3.92. The first-order chi connectivity index (χ1) is 13.8. The third-order valence-electron chi connectivity index (χ3n) is 5.19. The van der Waals surface area contributed by atoms with Crippen LogP contribution in [0.3, 0.4) is 0 Å². The highest BCUT2D eigenvalue weighted by atomic mass is 35.5. The van der Waals surface area contributed by atoms with Crippen LogP contribution in [-0.4, -0.2) is 30.8 Å². The molecule has 0 aliphatic heterocycles. The van der Waals surface area contributed by atoms with Crippen molar-refractivity contribution in [3.63, 3.8) is 0 Å². The van der Waals surface area contributed by atoms with Crippen molar-refractivity contribution >= 4 is 33.0 Å². The van der Waals surface area contributed by atoms with E-state index in [1.807, 2.05) is 0 Å². The predicted molar refractivity (Wildman–Crippen MR) is 99.1 cm³/mol. The fourth-order valence-electron chi connectivity index (χ4n) is 3.36. The lowest BCUT2D eigenvalue weighted by atomic mass is 9.70. The van der Waals surface area contributed by atoms with Crippen molar-refractivity contribution in [3.05, 3.63) is 46.7 Å². The minimum Gasteiger partial charge on any atom is -0.344 e. The smallest absolute Gasteiger partial charge is 0.344 e. The predicted octanol–water partition coefficient (Wildman–Crippen LogP) is 4.72. The number of amides is 1. The van der Waals surface area contributed by atoms with E-state index in [0.717, 1.165) is 22.9 Å². The van der Waals surface area contributed by atoms with Crippen LogP contribution in [0.4, 0.5) is 27.6 Å². The summed E-state index contributed by atoms with van der Waals surface area (Å²) >= 11 is 6.06. The summed E-state index contributed by atoms with van der Waals surface area (Å²) in [6, 6.07) is 2.57. The number of anilines is 1. The summed E-state index contributed by atoms with van der Waals surface area (Å²) in [5.41, 5.74) is -2.81. The molecule has 1 aromatic heterocycles. The molecule has 164 valence electrons. The maximum absolute atomic E-state index is 13.4. The van der Waals surface area contributed by atoms with Gasteiger partial charge in [0, 0.05) is 25.0 Å². The molecule has 1 amide bonds. The van der Waals surface area contributed by atoms with E-state index < -0.39 is 54.6 Å². The van der Waals surface area contributed by atoms with Crippen molar-refractivity contribution in [2.24, 2.45) is 12.5 Å². The van der Waals surface area contributed by atoms with Crippen LogP contribution in [-0.2, 0) is 16.9 Å². The Labute approximate surface area is 173 Å². The molecule has 1 aliphatic rings. The quantitative estimate of drug-likeness (QED) is 0.643. The van der Waals surface area contributed by atoms with E-state index in [9.17, 15) is 35.2 Å². The standard InChI is InChI=1S/C18H16ClF5N2O3S/c1-26-8-13(30(28,29)9-17(5-2-6-17)18(22,23)24)14(19)15(26)16(27)25-10-3-4-11(20)12(21)7-10/h3-4,7-8H,2,5-6,9H2,1H3,(H,25,27). The van der Waals surface area contributed by atoms with E-state index >= 15 is 0 Å². The number of carbonyl (C=O) groups excluding carboxylic acids is 1. The maximum atomic E-state index is 13.4. The lowest BCUT2D eigenvalue weighted by Crippen LogP contribution is -2.48. The summed E-state index contributed by atoms with van der Waals surface area (Å²) in [4.78, 5) is 11.9. The number of benzene rings is 1. The van der Waals surface area contributed by atoms with Gasteiger partial charge in [-0.05, 0) is 25.0 Å². The highest BCUT2D eigenvalue weighted by Crippen LogP contribution is 2.54. The number of nitrogens with zero attached hydrogens (tertiary/aromatic N) is 1. The number of rotatable bonds is 5. The third-order valence-corrected chi connectivity index (χ3v) is 7.60. The van der Waals surface area contributed by atoms with E-state index in [1.54, 1.807) is 0 Å². The molecule has 0 unspecified atom stereocenters. The normalized spacial score (nSPS) is 16.2. The Bertz CT molecular complexity index is 1110. The molecule has 0 atom stereocenters. The van der Waals surface area contributed by atoms with Crippen LogP contribution >= 0.6 is 11.6 Å². The van der Waals surface area contributed by atoms with E-state index in [2.05, 4.69) is 5.32 Å². The molecule has 1 saturated carbocycles. The Balaban J connectivity index is 1.91. The topological polar surface area (TPSA) is 68.2 Å². The van der Waals surface area contributed by atoms with Gasteiger partial charge in [-0.2, -0.15) is 13.2 Å². The maximum Gasteiger partial charge on any atom is 0.395 e. The number of aryl methyl sites for hydroxylation is 1. The van der Waals surface area contributed by atoms with Gasteiger partial charge in [-0.15, -0.1) is 0 Å². The summed E-state index contributed by atoms with van der Waals surface area (Å²) in [7, 11) is -3.19. The summed E-state index contributed by atoms with van der Waals surface area (Å²) in [5, 5.41) is 1.69. The molecule has 1 heterocycles. The minimum atomic E-state index is -4.69. The largest absolute Gasteiger partial charge is 0.395 e. The van der Waals surface area contributed by atoms with Gasteiger partial charge in [0.25, 0.3) is 5.91 Å². The van der Waals surface area contributed by atoms with Gasteiger partial charge in [-0.3, -0.25) is 4.79 Å². The first kappa shape index (κ1) is 22.5. The van der Waals surface area contributed by atoms with E-state index in [1.165, 1.54) is 7.05 Å². The van der Waals surface area contributed by atoms with E-state index in [0.29, 0.717) is 6.07 Å². The van der Waals surface area contributed by atoms with Crippen molar-refractivity contribution in [3.8, 4) is 0 Å². The molecule has 1 N–H and O–H groups in total. The Morgan fingerprint density at radius 2 is 1.87 bits per heavy atom. The van der Waals surface area contributed by atoms with Gasteiger partial charge < -0.3 is 9.88 Å². The van der Waals surface area contributed by atoms with Gasteiger partial charge in [-0.1, -0.05) is 18.0 Å². The van der Waals surface area contributed by atoms with E-state index in [4.69, 9.17) is 11.6 Å². The summed E-state index contributed by atoms with van der Waals surface area (Å²) in [6.45, 7) is 0. The monoisotopic (exact) mass is 470 g/mol. The SMILES string of the molecule is Cn1cc(S(=O)(=O)CC2(C(F)(F)F)CCC2)c(Cl)c1C(=O)Nc1ccc(F)c(F)c1. The molecular formula is C18H16ClF5N2O3S. The van der Waals surface area contributed by atoms with Crippen LogP contribution < -0.4 is 5.32 Å². The molecule has 2 aromatic rings. The number of sulfone groups is 1. The van der Waals surface area contributed by atoms with Crippen molar-refractivity contribution in [1.29, 1.82) is 0 Å². The molecular weight excluding hydrogens is 455 g/mol. The molecule has 5 nitrogen and oxygen atoms in total. The lowest BCUT2D eigenvalue weighted by Gasteiger charge is -2.42. The van der Waals surface area contributed by atoms with Crippen LogP contribution in [0.5, 0.6) is 0 Å². The molecule has 12 heteroatoms. The first-order valence-corrected chi connectivity index (χ1v) is 10.7. The second-order valence-corrected chi connectivity index (χ2v) is 9.58. The fraction of sp³-hybridized carbons (Fsp3) is 0.389. The van der Waals surface area contributed by atoms with Crippen molar-refractivity contribution in [1.82, 2.24) is 4.57 Å². The Morgan fingerprint density at radius 1 is 1.23 bits per heavy atom. The fourth-order valence-corrected chi connectivity index (χ4v) is 6.01. The average Bonchev–Trinajstić information content (AvgIpc) is 2.89. The molecule has 1 aliphatic carbocycles. The van der Waals surface area contributed by atoms with Gasteiger partial charge in [-0.25, -0.2) is 17.2 Å². The van der Waals surface area contributed by atoms with Crippen LogP contribution in [0.15, 0.2) is 29.3 Å². The zero-order chi connectivity index (χ0) is 22.5. The Kier molecular flexibility index (Phi) is 5.65. The second-order valence-electron chi connectivity index (χ2n) is 7.24. The Morgan fingerprint density at radius 3 is 2.37 bits per heavy atom. The molecule has 1 fully saturated rings. The lowest BCUT2D eigenvalue weighted by molar-refractivity contribution is -0.241. The number of aromatic nitrogens is 1. The van der Waals surface area contributed by atoms with Crippen molar-refractivity contribution < 1.29 is 35.2 Å². The zero-order valence-corrected chi connectivity index (χ0v) is 17.1. The Hall–Kier alpha value is -2.14. The highest BCUT2D eigenvalue weighted by Gasteiger charge is 2.60. The number of hydrogen-bond acceptors (Lipinski definition) is 3. The van der Waals surface area contributed by atoms with Gasteiger partial charge in [0.05, 0.1) is 16.2 Å². The van der Waals surface area contributed by atoms with Crippen LogP contribution in [0.2, 0.25) is 5.02 Å². The number of hydrogen-bond donors (Lipinski definition) is 1. The van der Waals surface area contributed by atoms with Gasteiger partial charge >= 0.3 is 6.18 Å². The van der Waals surface area contributed by atoms with Gasteiger partial charge in [0.2, 0.25) is 0 Å². The van der Waals surface area contributed by atoms with Crippen LogP contribution in [0, 0.1) is 17.0 Å². The highest BCUT2D eigenvalue weighted by molar-refractivity contribution is 7.91. The molecule has 0 spiro atoms. The van der Waals surface area contributed by atoms with Gasteiger partial charge in [0.15, 0.2) is 21.5 Å². The van der Waals surface area contributed by atoms with Crippen LogP contribution in [0.1, 0.15) is 29.8 Å². The average molecular weight is 471 g/mol. The summed E-state index contributed by atoms with van der Waals surface area (Å²) in [5.74, 6) is -4.46. The number of halogens is 6. The number of nitrogens with one attached hydrogen (secondary N) is 1. The summed E-state index contributed by atoms with van der Waals surface area (Å²) < 4.78 is 93.0. The minimum absolute atomic E-state index is 0.119. The van der Waals surface area contributed by atoms with Gasteiger partial charge in [0.1, 0.15) is 10.6 Å². The molecule has 30 heavy (non-hydrogen) atoms. The second kappa shape index (κ2) is 7.52. The molecule has 0 radical (unpaired) electrons. The van der Waals surface area contributed by atoms with E-state index in [-0.39, 0.29) is 30.6 Å².